The van der Waals surface area contributed by atoms with E-state index in [0.29, 0.717) is 0 Å². The molecule has 3 fully saturated rings. The molecule has 3 rings (SSSR count). The fraction of sp³-hybridized carbons (Fsp3) is 1.00. The van der Waals surface area contributed by atoms with Gasteiger partial charge in [0, 0.05) is 31.7 Å². The molecule has 0 spiro atoms. The first-order valence-electron chi connectivity index (χ1n) is 5.89. The minimum atomic E-state index is 0.839. The van der Waals surface area contributed by atoms with Crippen LogP contribution in [0.4, 0.5) is 0 Å². The molecule has 1 N–H and O–H groups in total. The van der Waals surface area contributed by atoms with Gasteiger partial charge in [-0.05, 0) is 25.2 Å². The first-order valence-corrected chi connectivity index (χ1v) is 5.89. The quantitative estimate of drug-likeness (QED) is 0.687. The van der Waals surface area contributed by atoms with E-state index in [4.69, 9.17) is 0 Å². The van der Waals surface area contributed by atoms with Gasteiger partial charge in [-0.25, -0.2) is 0 Å². The van der Waals surface area contributed by atoms with Crippen molar-refractivity contribution in [3.05, 3.63) is 0 Å². The molecule has 2 bridgehead atoms. The highest BCUT2D eigenvalue weighted by molar-refractivity contribution is 4.97. The third-order valence-corrected chi connectivity index (χ3v) is 4.14. The summed E-state index contributed by atoms with van der Waals surface area (Å²) in [6.07, 6.45) is 7.41. The Morgan fingerprint density at radius 3 is 2.69 bits per heavy atom. The van der Waals surface area contributed by atoms with Crippen LogP contribution in [-0.4, -0.2) is 36.6 Å². The summed E-state index contributed by atoms with van der Waals surface area (Å²) in [5.74, 6) is 1.04. The second-order valence-electron chi connectivity index (χ2n) is 5.10. The monoisotopic (exact) mass is 180 g/mol. The lowest BCUT2D eigenvalue weighted by Gasteiger charge is -2.29. The number of hydrogen-bond donors (Lipinski definition) is 1. The van der Waals surface area contributed by atoms with Crippen molar-refractivity contribution in [1.82, 2.24) is 10.2 Å². The van der Waals surface area contributed by atoms with Crippen LogP contribution >= 0.6 is 0 Å². The fourth-order valence-electron chi connectivity index (χ4n) is 3.40. The third-order valence-electron chi connectivity index (χ3n) is 4.14. The number of hydrogen-bond acceptors (Lipinski definition) is 2. The molecule has 13 heavy (non-hydrogen) atoms. The Labute approximate surface area is 80.7 Å². The van der Waals surface area contributed by atoms with Crippen molar-refractivity contribution in [1.29, 1.82) is 0 Å². The van der Waals surface area contributed by atoms with Crippen LogP contribution in [-0.2, 0) is 0 Å². The van der Waals surface area contributed by atoms with Crippen molar-refractivity contribution < 1.29 is 0 Å². The Balaban J connectivity index is 1.55. The van der Waals surface area contributed by atoms with E-state index in [0.717, 1.165) is 18.0 Å². The summed E-state index contributed by atoms with van der Waals surface area (Å²) >= 11 is 0. The molecule has 0 unspecified atom stereocenters. The number of nitrogens with zero attached hydrogens (tertiary/aromatic N) is 1. The van der Waals surface area contributed by atoms with Crippen LogP contribution in [0.5, 0.6) is 0 Å². The zero-order valence-electron chi connectivity index (χ0n) is 8.34. The van der Waals surface area contributed by atoms with Crippen LogP contribution in [0.15, 0.2) is 0 Å². The van der Waals surface area contributed by atoms with Crippen molar-refractivity contribution in [2.45, 2.75) is 44.2 Å². The molecule has 2 heterocycles. The van der Waals surface area contributed by atoms with E-state index >= 15 is 0 Å². The largest absolute Gasteiger partial charge is 0.311 e. The summed E-state index contributed by atoms with van der Waals surface area (Å²) < 4.78 is 0. The maximum Gasteiger partial charge on any atom is 0.0236 e. The highest BCUT2D eigenvalue weighted by atomic mass is 15.3. The zero-order chi connectivity index (χ0) is 8.67. The summed E-state index contributed by atoms with van der Waals surface area (Å²) in [5.41, 5.74) is 0. The molecule has 0 aromatic rings. The SMILES string of the molecule is C1CCC(CN2C[C@H]3C[C@H]2CN3)C1. The first kappa shape index (κ1) is 8.25. The van der Waals surface area contributed by atoms with E-state index in [9.17, 15) is 0 Å². The van der Waals surface area contributed by atoms with Crippen LogP contribution in [0.3, 0.4) is 0 Å². The molecule has 0 radical (unpaired) electrons. The maximum absolute atomic E-state index is 3.57. The lowest BCUT2D eigenvalue weighted by Crippen LogP contribution is -2.45. The van der Waals surface area contributed by atoms with Gasteiger partial charge in [0.2, 0.25) is 0 Å². The van der Waals surface area contributed by atoms with Gasteiger partial charge in [-0.15, -0.1) is 0 Å². The van der Waals surface area contributed by atoms with E-state index in [-0.39, 0.29) is 0 Å². The van der Waals surface area contributed by atoms with Gasteiger partial charge in [0.25, 0.3) is 0 Å². The van der Waals surface area contributed by atoms with Gasteiger partial charge in [0.15, 0.2) is 0 Å². The number of likely N-dealkylation sites (tertiary alicyclic amines) is 1. The predicted octanol–water partition coefficient (Wildman–Crippen LogP) is 1.22. The molecule has 2 atom stereocenters. The van der Waals surface area contributed by atoms with Crippen molar-refractivity contribution in [3.8, 4) is 0 Å². The minimum absolute atomic E-state index is 0.839. The lowest BCUT2D eigenvalue weighted by atomic mass is 10.1. The summed E-state index contributed by atoms with van der Waals surface area (Å²) in [4.78, 5) is 2.75. The van der Waals surface area contributed by atoms with Crippen molar-refractivity contribution in [3.63, 3.8) is 0 Å². The molecule has 0 aromatic carbocycles. The standard InChI is InChI=1S/C11H20N2/c1-2-4-9(3-1)7-13-8-10-5-11(13)6-12-10/h9-12H,1-8H2/t10-,11+/m1/s1. The van der Waals surface area contributed by atoms with Crippen LogP contribution < -0.4 is 5.32 Å². The molecule has 2 saturated heterocycles. The van der Waals surface area contributed by atoms with Crippen LogP contribution in [0.2, 0.25) is 0 Å². The first-order chi connectivity index (χ1) is 6.42. The van der Waals surface area contributed by atoms with Gasteiger partial charge in [0.1, 0.15) is 0 Å². The summed E-state index contributed by atoms with van der Waals surface area (Å²) in [6, 6.07) is 1.73. The third kappa shape index (κ3) is 1.50. The Morgan fingerprint density at radius 2 is 2.08 bits per heavy atom. The second-order valence-corrected chi connectivity index (χ2v) is 5.10. The lowest BCUT2D eigenvalue weighted by molar-refractivity contribution is 0.193. The molecule has 2 heteroatoms. The number of rotatable bonds is 2. The van der Waals surface area contributed by atoms with E-state index in [1.54, 1.807) is 0 Å². The topological polar surface area (TPSA) is 15.3 Å². The highest BCUT2D eigenvalue weighted by Crippen LogP contribution is 2.30. The van der Waals surface area contributed by atoms with Crippen molar-refractivity contribution in [2.75, 3.05) is 19.6 Å². The normalized spacial score (nSPS) is 40.6. The Morgan fingerprint density at radius 1 is 1.23 bits per heavy atom. The molecule has 3 aliphatic rings. The van der Waals surface area contributed by atoms with Gasteiger partial charge < -0.3 is 5.32 Å². The molecular formula is C11H20N2. The maximum atomic E-state index is 3.57. The molecule has 1 aliphatic carbocycles. The van der Waals surface area contributed by atoms with Gasteiger partial charge in [0.05, 0.1) is 0 Å². The van der Waals surface area contributed by atoms with Crippen LogP contribution in [0.25, 0.3) is 0 Å². The fourth-order valence-corrected chi connectivity index (χ4v) is 3.40. The summed E-state index contributed by atoms with van der Waals surface area (Å²) in [5, 5.41) is 3.57. The Bertz CT molecular complexity index is 187. The number of piperazine rings is 1. The van der Waals surface area contributed by atoms with Crippen LogP contribution in [0.1, 0.15) is 32.1 Å². The summed E-state index contributed by atoms with van der Waals surface area (Å²) in [7, 11) is 0. The molecule has 74 valence electrons. The van der Waals surface area contributed by atoms with E-state index < -0.39 is 0 Å². The van der Waals surface area contributed by atoms with E-state index in [2.05, 4.69) is 10.2 Å². The van der Waals surface area contributed by atoms with E-state index in [1.807, 2.05) is 0 Å². The molecule has 1 saturated carbocycles. The van der Waals surface area contributed by atoms with Crippen molar-refractivity contribution in [2.24, 2.45) is 5.92 Å². The highest BCUT2D eigenvalue weighted by Gasteiger charge is 2.38. The number of nitrogens with one attached hydrogen (secondary N) is 1. The second kappa shape index (κ2) is 3.25. The molecule has 0 amide bonds. The van der Waals surface area contributed by atoms with Gasteiger partial charge in [-0.3, -0.25) is 4.90 Å². The number of fused-ring (bicyclic) bond motifs is 2. The van der Waals surface area contributed by atoms with E-state index in [1.165, 1.54) is 51.7 Å². The Kier molecular flexibility index (Phi) is 2.06. The average Bonchev–Trinajstić information content (AvgIpc) is 2.77. The predicted molar refractivity (Wildman–Crippen MR) is 53.7 cm³/mol. The minimum Gasteiger partial charge on any atom is -0.311 e. The molecule has 2 aliphatic heterocycles. The van der Waals surface area contributed by atoms with Gasteiger partial charge >= 0.3 is 0 Å². The van der Waals surface area contributed by atoms with Gasteiger partial charge in [-0.2, -0.15) is 0 Å². The van der Waals surface area contributed by atoms with Gasteiger partial charge in [-0.1, -0.05) is 12.8 Å². The zero-order valence-corrected chi connectivity index (χ0v) is 8.34. The smallest absolute Gasteiger partial charge is 0.0236 e. The molecule has 2 nitrogen and oxygen atoms in total. The average molecular weight is 180 g/mol. The summed E-state index contributed by atoms with van der Waals surface area (Å²) in [6.45, 7) is 4.00. The molecule has 0 aromatic heterocycles. The molecular weight excluding hydrogens is 160 g/mol. The Hall–Kier alpha value is -0.0800. The van der Waals surface area contributed by atoms with Crippen LogP contribution in [0, 0.1) is 5.92 Å². The van der Waals surface area contributed by atoms with Crippen molar-refractivity contribution >= 4 is 0 Å².